The highest BCUT2D eigenvalue weighted by atomic mass is 16.5. The van der Waals surface area contributed by atoms with Crippen LogP contribution in [0, 0.1) is 20.8 Å². The van der Waals surface area contributed by atoms with E-state index in [4.69, 9.17) is 9.47 Å². The SMILES string of the molecule is CCOc1cc(/C=N\NC(=O)C(=O)NCc2ccc(C(C)C)cc2)ccc1OCC(=O)Nc1c(C)cc(C)cc1C. The summed E-state index contributed by atoms with van der Waals surface area (Å²) in [5.74, 6) is -0.735. The lowest BCUT2D eigenvalue weighted by Gasteiger charge is -2.15. The molecular weight excluding hydrogens is 520 g/mol. The number of carbonyl (C=O) groups is 3. The van der Waals surface area contributed by atoms with Gasteiger partial charge in [-0.25, -0.2) is 5.43 Å². The first-order chi connectivity index (χ1) is 19.6. The van der Waals surface area contributed by atoms with Crippen LogP contribution in [0.25, 0.3) is 0 Å². The fourth-order valence-electron chi connectivity index (χ4n) is 4.19. The Labute approximate surface area is 241 Å². The van der Waals surface area contributed by atoms with Crippen molar-refractivity contribution in [3.63, 3.8) is 0 Å². The molecular formula is C32H38N4O5. The zero-order valence-corrected chi connectivity index (χ0v) is 24.5. The molecule has 0 radical (unpaired) electrons. The molecule has 0 aliphatic carbocycles. The highest BCUT2D eigenvalue weighted by molar-refractivity contribution is 6.35. The Kier molecular flexibility index (Phi) is 11.0. The van der Waals surface area contributed by atoms with Crippen LogP contribution in [0.3, 0.4) is 0 Å². The minimum absolute atomic E-state index is 0.201. The van der Waals surface area contributed by atoms with Gasteiger partial charge < -0.3 is 20.1 Å². The predicted molar refractivity (Wildman–Crippen MR) is 161 cm³/mol. The average Bonchev–Trinajstić information content (AvgIpc) is 2.93. The number of hydrogen-bond acceptors (Lipinski definition) is 6. The number of rotatable bonds is 11. The van der Waals surface area contributed by atoms with Gasteiger partial charge in [-0.1, -0.05) is 55.8 Å². The van der Waals surface area contributed by atoms with Crippen molar-refractivity contribution in [2.45, 2.75) is 54.0 Å². The Balaban J connectivity index is 1.53. The number of nitrogens with one attached hydrogen (secondary N) is 3. The maximum atomic E-state index is 12.6. The van der Waals surface area contributed by atoms with Crippen LogP contribution in [0.4, 0.5) is 5.69 Å². The molecule has 0 fully saturated rings. The summed E-state index contributed by atoms with van der Waals surface area (Å²) in [7, 11) is 0. The number of hydrogen-bond donors (Lipinski definition) is 3. The molecule has 41 heavy (non-hydrogen) atoms. The van der Waals surface area contributed by atoms with E-state index in [-0.39, 0.29) is 19.1 Å². The molecule has 3 amide bonds. The molecule has 0 bridgehead atoms. The molecule has 3 rings (SSSR count). The smallest absolute Gasteiger partial charge is 0.329 e. The normalized spacial score (nSPS) is 10.9. The average molecular weight is 559 g/mol. The molecule has 3 aromatic carbocycles. The van der Waals surface area contributed by atoms with Crippen molar-refractivity contribution < 1.29 is 23.9 Å². The zero-order valence-electron chi connectivity index (χ0n) is 24.5. The quantitative estimate of drug-likeness (QED) is 0.175. The molecule has 0 atom stereocenters. The molecule has 216 valence electrons. The minimum atomic E-state index is -0.880. The van der Waals surface area contributed by atoms with Gasteiger partial charge in [0, 0.05) is 12.2 Å². The second kappa shape index (κ2) is 14.6. The number of hydrazone groups is 1. The van der Waals surface area contributed by atoms with Crippen LogP contribution in [-0.4, -0.2) is 37.1 Å². The van der Waals surface area contributed by atoms with Crippen LogP contribution in [0.2, 0.25) is 0 Å². The number of anilines is 1. The molecule has 3 N–H and O–H groups in total. The van der Waals surface area contributed by atoms with E-state index < -0.39 is 11.8 Å². The zero-order chi connectivity index (χ0) is 29.9. The summed E-state index contributed by atoms with van der Waals surface area (Å²) in [5, 5.41) is 9.37. The van der Waals surface area contributed by atoms with E-state index in [2.05, 4.69) is 35.0 Å². The second-order valence-corrected chi connectivity index (χ2v) is 10.0. The summed E-state index contributed by atoms with van der Waals surface area (Å²) < 4.78 is 11.4. The Morgan fingerprint density at radius 1 is 0.878 bits per heavy atom. The summed E-state index contributed by atoms with van der Waals surface area (Å²) in [5.41, 5.74) is 8.79. The lowest BCUT2D eigenvalue weighted by atomic mass is 10.0. The van der Waals surface area contributed by atoms with Gasteiger partial charge in [-0.2, -0.15) is 5.10 Å². The van der Waals surface area contributed by atoms with Gasteiger partial charge in [0.25, 0.3) is 5.91 Å². The Morgan fingerprint density at radius 3 is 2.20 bits per heavy atom. The van der Waals surface area contributed by atoms with Crippen LogP contribution < -0.4 is 25.5 Å². The fourth-order valence-corrected chi connectivity index (χ4v) is 4.19. The van der Waals surface area contributed by atoms with Crippen molar-refractivity contribution in [3.05, 3.63) is 88.0 Å². The first-order valence-corrected chi connectivity index (χ1v) is 13.5. The Bertz CT molecular complexity index is 1390. The lowest BCUT2D eigenvalue weighted by molar-refractivity contribution is -0.139. The number of ether oxygens (including phenoxy) is 2. The van der Waals surface area contributed by atoms with Gasteiger partial charge >= 0.3 is 11.8 Å². The van der Waals surface area contributed by atoms with Crippen molar-refractivity contribution in [3.8, 4) is 11.5 Å². The summed E-state index contributed by atoms with van der Waals surface area (Å²) >= 11 is 0. The van der Waals surface area contributed by atoms with Crippen LogP contribution in [0.5, 0.6) is 11.5 Å². The lowest BCUT2D eigenvalue weighted by Crippen LogP contribution is -2.37. The Morgan fingerprint density at radius 2 is 1.56 bits per heavy atom. The number of nitrogens with zero attached hydrogens (tertiary/aromatic N) is 1. The third-order valence-corrected chi connectivity index (χ3v) is 6.25. The van der Waals surface area contributed by atoms with Gasteiger partial charge in [-0.05, 0) is 79.6 Å². The maximum Gasteiger partial charge on any atom is 0.329 e. The molecule has 0 heterocycles. The van der Waals surface area contributed by atoms with Gasteiger partial charge in [0.2, 0.25) is 0 Å². The van der Waals surface area contributed by atoms with E-state index in [0.717, 1.165) is 27.9 Å². The molecule has 0 saturated heterocycles. The molecule has 0 saturated carbocycles. The first kappa shape index (κ1) is 30.9. The third kappa shape index (κ3) is 9.20. The molecule has 0 aromatic heterocycles. The monoisotopic (exact) mass is 558 g/mol. The molecule has 9 heteroatoms. The van der Waals surface area contributed by atoms with Gasteiger partial charge in [-0.15, -0.1) is 0 Å². The summed E-state index contributed by atoms with van der Waals surface area (Å²) in [6.07, 6.45) is 1.39. The van der Waals surface area contributed by atoms with Crippen LogP contribution in [-0.2, 0) is 20.9 Å². The summed E-state index contributed by atoms with van der Waals surface area (Å²) in [4.78, 5) is 36.9. The standard InChI is InChI=1S/C32H38N4O5/c1-7-40-28-16-25(10-13-27(28)41-19-29(37)35-30-22(5)14-21(4)15-23(30)6)18-34-36-32(39)31(38)33-17-24-8-11-26(12-9-24)20(2)3/h8-16,18,20H,7,17,19H2,1-6H3,(H,33,38)(H,35,37)(H,36,39)/b34-18-. The molecule has 0 aliphatic heterocycles. The van der Waals surface area contributed by atoms with Gasteiger partial charge in [0.05, 0.1) is 12.8 Å². The van der Waals surface area contributed by atoms with Gasteiger partial charge in [0.1, 0.15) is 0 Å². The number of carbonyl (C=O) groups excluding carboxylic acids is 3. The van der Waals surface area contributed by atoms with Crippen molar-refractivity contribution in [2.24, 2.45) is 5.10 Å². The topological polar surface area (TPSA) is 118 Å². The molecule has 3 aromatic rings. The maximum absolute atomic E-state index is 12.6. The highest BCUT2D eigenvalue weighted by Crippen LogP contribution is 2.28. The van der Waals surface area contributed by atoms with Crippen LogP contribution in [0.1, 0.15) is 60.1 Å². The fraction of sp³-hybridized carbons (Fsp3) is 0.312. The number of aryl methyl sites for hydroxylation is 3. The Hall–Kier alpha value is -4.66. The van der Waals surface area contributed by atoms with E-state index in [0.29, 0.717) is 29.6 Å². The molecule has 0 aliphatic rings. The van der Waals surface area contributed by atoms with Crippen molar-refractivity contribution in [2.75, 3.05) is 18.5 Å². The molecule has 9 nitrogen and oxygen atoms in total. The van der Waals surface area contributed by atoms with E-state index in [1.54, 1.807) is 18.2 Å². The van der Waals surface area contributed by atoms with Gasteiger partial charge in [-0.3, -0.25) is 14.4 Å². The van der Waals surface area contributed by atoms with Crippen molar-refractivity contribution >= 4 is 29.6 Å². The number of benzene rings is 3. The van der Waals surface area contributed by atoms with Crippen molar-refractivity contribution in [1.82, 2.24) is 10.7 Å². The summed E-state index contributed by atoms with van der Waals surface area (Å²) in [6.45, 7) is 12.4. The third-order valence-electron chi connectivity index (χ3n) is 6.25. The van der Waals surface area contributed by atoms with E-state index in [9.17, 15) is 14.4 Å². The van der Waals surface area contributed by atoms with E-state index in [1.807, 2.05) is 64.1 Å². The largest absolute Gasteiger partial charge is 0.490 e. The first-order valence-electron chi connectivity index (χ1n) is 13.5. The predicted octanol–water partition coefficient (Wildman–Crippen LogP) is 4.92. The second-order valence-electron chi connectivity index (χ2n) is 10.0. The van der Waals surface area contributed by atoms with Crippen LogP contribution >= 0.6 is 0 Å². The minimum Gasteiger partial charge on any atom is -0.490 e. The molecule has 0 unspecified atom stereocenters. The number of amides is 3. The van der Waals surface area contributed by atoms with E-state index >= 15 is 0 Å². The molecule has 0 spiro atoms. The summed E-state index contributed by atoms with van der Waals surface area (Å²) in [6, 6.07) is 16.9. The van der Waals surface area contributed by atoms with E-state index in [1.165, 1.54) is 11.8 Å². The van der Waals surface area contributed by atoms with Crippen LogP contribution in [0.15, 0.2) is 59.7 Å². The van der Waals surface area contributed by atoms with Gasteiger partial charge in [0.15, 0.2) is 18.1 Å². The van der Waals surface area contributed by atoms with Crippen molar-refractivity contribution in [1.29, 1.82) is 0 Å². The highest BCUT2D eigenvalue weighted by Gasteiger charge is 2.14.